The predicted molar refractivity (Wildman–Crippen MR) is 82.8 cm³/mol. The molecule has 0 saturated heterocycles. The molecule has 2 aromatic heterocycles. The van der Waals surface area contributed by atoms with Crippen molar-refractivity contribution in [2.75, 3.05) is 12.3 Å². The van der Waals surface area contributed by atoms with Crippen molar-refractivity contribution < 1.29 is 0 Å². The number of rotatable bonds is 5. The number of anilines is 1. The van der Waals surface area contributed by atoms with Crippen LogP contribution < -0.4 is 11.1 Å². The van der Waals surface area contributed by atoms with Crippen LogP contribution in [0.4, 0.5) is 5.82 Å². The summed E-state index contributed by atoms with van der Waals surface area (Å²) in [4.78, 5) is 8.67. The van der Waals surface area contributed by atoms with Gasteiger partial charge in [-0.1, -0.05) is 31.5 Å². The second-order valence-corrected chi connectivity index (χ2v) is 4.96. The molecule has 0 aromatic carbocycles. The van der Waals surface area contributed by atoms with Gasteiger partial charge in [-0.05, 0) is 30.7 Å². The number of nitrogen functional groups attached to an aromatic ring is 1. The Morgan fingerprint density at radius 1 is 1.35 bits per heavy atom. The van der Waals surface area contributed by atoms with Gasteiger partial charge in [-0.3, -0.25) is 4.98 Å². The number of halogens is 1. The van der Waals surface area contributed by atoms with Crippen LogP contribution in [0.2, 0.25) is 5.02 Å². The molecule has 2 rings (SSSR count). The summed E-state index contributed by atoms with van der Waals surface area (Å²) in [7, 11) is 0. The van der Waals surface area contributed by atoms with Crippen molar-refractivity contribution in [3.05, 3.63) is 52.4 Å². The average molecular weight is 291 g/mol. The van der Waals surface area contributed by atoms with Crippen LogP contribution in [0.25, 0.3) is 0 Å². The number of aryl methyl sites for hydroxylation is 1. The molecule has 0 amide bonds. The minimum atomic E-state index is -0.0950. The van der Waals surface area contributed by atoms with Gasteiger partial charge < -0.3 is 11.1 Å². The van der Waals surface area contributed by atoms with Crippen LogP contribution in [0, 0.1) is 0 Å². The molecule has 0 spiro atoms. The van der Waals surface area contributed by atoms with Crippen molar-refractivity contribution in [3.8, 4) is 0 Å². The van der Waals surface area contributed by atoms with Crippen LogP contribution in [0.1, 0.15) is 36.7 Å². The quantitative estimate of drug-likeness (QED) is 0.888. The summed E-state index contributed by atoms with van der Waals surface area (Å²) in [6.45, 7) is 4.97. The van der Waals surface area contributed by atoms with Crippen molar-refractivity contribution in [2.24, 2.45) is 0 Å². The van der Waals surface area contributed by atoms with E-state index in [9.17, 15) is 0 Å². The Balaban J connectivity index is 2.53. The molecular weight excluding hydrogens is 272 g/mol. The van der Waals surface area contributed by atoms with Gasteiger partial charge >= 0.3 is 0 Å². The van der Waals surface area contributed by atoms with Gasteiger partial charge in [0, 0.05) is 18.0 Å². The van der Waals surface area contributed by atoms with Crippen LogP contribution >= 0.6 is 11.6 Å². The van der Waals surface area contributed by atoms with Gasteiger partial charge in [-0.15, -0.1) is 0 Å². The Hall–Kier alpha value is -1.65. The summed E-state index contributed by atoms with van der Waals surface area (Å²) < 4.78 is 0. The molecule has 106 valence electrons. The first-order valence-corrected chi connectivity index (χ1v) is 7.13. The molecule has 2 heterocycles. The topological polar surface area (TPSA) is 63.8 Å². The number of nitrogens with two attached hydrogens (primary N) is 1. The zero-order chi connectivity index (χ0) is 14.5. The third-order valence-corrected chi connectivity index (χ3v) is 3.42. The highest BCUT2D eigenvalue weighted by molar-refractivity contribution is 6.30. The fraction of sp³-hybridized carbons (Fsp3) is 0.333. The Labute approximate surface area is 124 Å². The number of pyridine rings is 2. The first-order chi connectivity index (χ1) is 9.67. The van der Waals surface area contributed by atoms with E-state index in [0.29, 0.717) is 10.8 Å². The zero-order valence-corrected chi connectivity index (χ0v) is 12.5. The minimum absolute atomic E-state index is 0.0950. The maximum Gasteiger partial charge on any atom is 0.128 e. The van der Waals surface area contributed by atoms with E-state index < -0.39 is 0 Å². The molecule has 0 saturated carbocycles. The minimum Gasteiger partial charge on any atom is -0.383 e. The second kappa shape index (κ2) is 6.68. The summed E-state index contributed by atoms with van der Waals surface area (Å²) in [6.07, 6.45) is 4.27. The lowest BCUT2D eigenvalue weighted by Crippen LogP contribution is -2.25. The van der Waals surface area contributed by atoms with Gasteiger partial charge in [0.15, 0.2) is 0 Å². The maximum absolute atomic E-state index is 6.06. The van der Waals surface area contributed by atoms with E-state index in [4.69, 9.17) is 17.3 Å². The first kappa shape index (κ1) is 14.8. The van der Waals surface area contributed by atoms with E-state index in [1.165, 1.54) is 5.56 Å². The first-order valence-electron chi connectivity index (χ1n) is 6.75. The van der Waals surface area contributed by atoms with Crippen molar-refractivity contribution >= 4 is 17.4 Å². The van der Waals surface area contributed by atoms with E-state index in [1.54, 1.807) is 12.4 Å². The normalized spacial score (nSPS) is 12.3. The molecule has 1 unspecified atom stereocenters. The molecule has 2 aromatic rings. The molecule has 4 nitrogen and oxygen atoms in total. The van der Waals surface area contributed by atoms with Crippen LogP contribution in [0.15, 0.2) is 30.6 Å². The fourth-order valence-electron chi connectivity index (χ4n) is 2.26. The molecule has 0 bridgehead atoms. The van der Waals surface area contributed by atoms with Gasteiger partial charge in [-0.25, -0.2) is 4.98 Å². The summed E-state index contributed by atoms with van der Waals surface area (Å²) in [5.41, 5.74) is 9.05. The molecule has 3 N–H and O–H groups in total. The Morgan fingerprint density at radius 3 is 2.85 bits per heavy atom. The summed E-state index contributed by atoms with van der Waals surface area (Å²) in [6, 6.07) is 5.79. The van der Waals surface area contributed by atoms with Crippen molar-refractivity contribution in [3.63, 3.8) is 0 Å². The highest BCUT2D eigenvalue weighted by Gasteiger charge is 2.20. The van der Waals surface area contributed by atoms with Crippen molar-refractivity contribution in [1.82, 2.24) is 15.3 Å². The molecule has 20 heavy (non-hydrogen) atoms. The molecule has 0 fully saturated rings. The Bertz CT molecular complexity index is 586. The van der Waals surface area contributed by atoms with E-state index in [0.717, 1.165) is 24.2 Å². The van der Waals surface area contributed by atoms with Crippen LogP contribution in [0.5, 0.6) is 0 Å². The van der Waals surface area contributed by atoms with E-state index in [1.807, 2.05) is 12.1 Å². The van der Waals surface area contributed by atoms with E-state index >= 15 is 0 Å². The number of nitrogens with one attached hydrogen (secondary N) is 1. The van der Waals surface area contributed by atoms with E-state index in [-0.39, 0.29) is 6.04 Å². The Kier molecular flexibility index (Phi) is 4.93. The van der Waals surface area contributed by atoms with Crippen LogP contribution in [0.3, 0.4) is 0 Å². The van der Waals surface area contributed by atoms with Gasteiger partial charge in [0.05, 0.1) is 16.8 Å². The van der Waals surface area contributed by atoms with Gasteiger partial charge in [0.1, 0.15) is 5.82 Å². The summed E-state index contributed by atoms with van der Waals surface area (Å²) in [5, 5.41) is 3.99. The fourth-order valence-corrected chi connectivity index (χ4v) is 2.43. The summed E-state index contributed by atoms with van der Waals surface area (Å²) >= 11 is 6.06. The standard InChI is InChI=1S/C15H19ClN4/c1-3-10-6-5-7-19-13(10)14(18-4-2)12-8-11(16)9-20-15(12)17/h5-9,14,18H,3-4H2,1-2H3,(H2,17,20). The molecule has 5 heteroatoms. The lowest BCUT2D eigenvalue weighted by molar-refractivity contribution is 0.609. The predicted octanol–water partition coefficient (Wildman–Crippen LogP) is 2.97. The monoisotopic (exact) mass is 290 g/mol. The average Bonchev–Trinajstić information content (AvgIpc) is 2.47. The number of hydrogen-bond acceptors (Lipinski definition) is 4. The van der Waals surface area contributed by atoms with Crippen molar-refractivity contribution in [1.29, 1.82) is 0 Å². The highest BCUT2D eigenvalue weighted by Crippen LogP contribution is 2.28. The van der Waals surface area contributed by atoms with Gasteiger partial charge in [0.25, 0.3) is 0 Å². The molecule has 0 aliphatic heterocycles. The molecule has 0 radical (unpaired) electrons. The molecule has 0 aliphatic carbocycles. The molecule has 1 atom stereocenters. The van der Waals surface area contributed by atoms with E-state index in [2.05, 4.69) is 35.2 Å². The highest BCUT2D eigenvalue weighted by atomic mass is 35.5. The molecular formula is C15H19ClN4. The zero-order valence-electron chi connectivity index (χ0n) is 11.7. The summed E-state index contributed by atoms with van der Waals surface area (Å²) in [5.74, 6) is 0.480. The lowest BCUT2D eigenvalue weighted by atomic mass is 9.98. The lowest BCUT2D eigenvalue weighted by Gasteiger charge is -2.21. The number of nitrogens with zero attached hydrogens (tertiary/aromatic N) is 2. The molecule has 0 aliphatic rings. The van der Waals surface area contributed by atoms with Gasteiger partial charge in [0.2, 0.25) is 0 Å². The maximum atomic E-state index is 6.06. The number of hydrogen-bond donors (Lipinski definition) is 2. The number of aromatic nitrogens is 2. The van der Waals surface area contributed by atoms with Gasteiger partial charge in [-0.2, -0.15) is 0 Å². The van der Waals surface area contributed by atoms with Crippen molar-refractivity contribution in [2.45, 2.75) is 26.3 Å². The third-order valence-electron chi connectivity index (χ3n) is 3.22. The third kappa shape index (κ3) is 3.08. The Morgan fingerprint density at radius 2 is 2.15 bits per heavy atom. The van der Waals surface area contributed by atoms with Crippen LogP contribution in [-0.4, -0.2) is 16.5 Å². The SMILES string of the molecule is CCNC(c1cc(Cl)cnc1N)c1ncccc1CC. The largest absolute Gasteiger partial charge is 0.383 e. The second-order valence-electron chi connectivity index (χ2n) is 4.52. The van der Waals surface area contributed by atoms with Crippen LogP contribution in [-0.2, 0) is 6.42 Å². The smallest absolute Gasteiger partial charge is 0.128 e.